The van der Waals surface area contributed by atoms with Crippen molar-refractivity contribution in [2.45, 2.75) is 31.6 Å². The molecular weight excluding hydrogens is 292 g/mol. The lowest BCUT2D eigenvalue weighted by Gasteiger charge is -2.34. The Balaban J connectivity index is 1.48. The molecule has 2 heterocycles. The van der Waals surface area contributed by atoms with Gasteiger partial charge in [-0.25, -0.2) is 0 Å². The van der Waals surface area contributed by atoms with E-state index in [1.54, 1.807) is 7.11 Å². The van der Waals surface area contributed by atoms with E-state index in [1.807, 2.05) is 6.07 Å². The first kappa shape index (κ1) is 16.4. The van der Waals surface area contributed by atoms with Crippen molar-refractivity contribution in [1.29, 1.82) is 0 Å². The van der Waals surface area contributed by atoms with Gasteiger partial charge in [-0.2, -0.15) is 0 Å². The third kappa shape index (κ3) is 4.31. The molecule has 3 rings (SSSR count). The van der Waals surface area contributed by atoms with Crippen molar-refractivity contribution in [2.75, 3.05) is 33.4 Å². The molecule has 1 N–H and O–H groups in total. The highest BCUT2D eigenvalue weighted by Gasteiger charge is 2.41. The second-order valence-corrected chi connectivity index (χ2v) is 6.45. The van der Waals surface area contributed by atoms with E-state index >= 15 is 0 Å². The predicted octanol–water partition coefficient (Wildman–Crippen LogP) is 1.43. The third-order valence-electron chi connectivity index (χ3n) is 4.78. The quantitative estimate of drug-likeness (QED) is 0.806. The van der Waals surface area contributed by atoms with E-state index in [1.165, 1.54) is 5.56 Å². The van der Waals surface area contributed by atoms with Gasteiger partial charge in [-0.05, 0) is 30.9 Å². The van der Waals surface area contributed by atoms with Gasteiger partial charge in [0.2, 0.25) is 5.91 Å². The van der Waals surface area contributed by atoms with Crippen molar-refractivity contribution >= 4 is 5.91 Å². The summed E-state index contributed by atoms with van der Waals surface area (Å²) in [5, 5.41) is 2.88. The van der Waals surface area contributed by atoms with Gasteiger partial charge in [0, 0.05) is 26.7 Å². The normalized spacial score (nSPS) is 27.6. The Morgan fingerprint density at radius 1 is 1.39 bits per heavy atom. The number of hydrogen-bond donors (Lipinski definition) is 1. The van der Waals surface area contributed by atoms with Crippen molar-refractivity contribution < 1.29 is 14.3 Å². The summed E-state index contributed by atoms with van der Waals surface area (Å²) in [6.45, 7) is 4.04. The second-order valence-electron chi connectivity index (χ2n) is 6.45. The van der Waals surface area contributed by atoms with Crippen LogP contribution in [0.2, 0.25) is 0 Å². The predicted molar refractivity (Wildman–Crippen MR) is 88.0 cm³/mol. The van der Waals surface area contributed by atoms with Crippen LogP contribution in [0.1, 0.15) is 18.4 Å². The van der Waals surface area contributed by atoms with Crippen LogP contribution in [0.15, 0.2) is 30.3 Å². The van der Waals surface area contributed by atoms with E-state index < -0.39 is 0 Å². The third-order valence-corrected chi connectivity index (χ3v) is 4.78. The number of ether oxygens (including phenoxy) is 2. The van der Waals surface area contributed by atoms with Crippen molar-refractivity contribution in [3.8, 4) is 0 Å². The maximum Gasteiger partial charge on any atom is 0.249 e. The zero-order chi connectivity index (χ0) is 16.1. The van der Waals surface area contributed by atoms with E-state index in [4.69, 9.17) is 9.47 Å². The van der Waals surface area contributed by atoms with Crippen LogP contribution >= 0.6 is 0 Å². The van der Waals surface area contributed by atoms with E-state index in [0.29, 0.717) is 19.1 Å². The first-order valence-corrected chi connectivity index (χ1v) is 8.44. The van der Waals surface area contributed by atoms with Gasteiger partial charge >= 0.3 is 0 Å². The molecule has 5 heteroatoms. The summed E-state index contributed by atoms with van der Waals surface area (Å²) in [5.41, 5.74) is 1.33. The van der Waals surface area contributed by atoms with Gasteiger partial charge in [-0.3, -0.25) is 9.69 Å². The monoisotopic (exact) mass is 318 g/mol. The van der Waals surface area contributed by atoms with Crippen LogP contribution < -0.4 is 5.32 Å². The van der Waals surface area contributed by atoms with Crippen LogP contribution in [0.4, 0.5) is 0 Å². The topological polar surface area (TPSA) is 50.8 Å². The number of amides is 1. The van der Waals surface area contributed by atoms with Crippen molar-refractivity contribution in [1.82, 2.24) is 10.2 Å². The van der Waals surface area contributed by atoms with Gasteiger partial charge in [0.1, 0.15) is 6.10 Å². The van der Waals surface area contributed by atoms with Crippen molar-refractivity contribution in [3.63, 3.8) is 0 Å². The van der Waals surface area contributed by atoms with Gasteiger partial charge in [-0.15, -0.1) is 0 Å². The molecule has 1 amide bonds. The number of nitrogens with one attached hydrogen (secondary N) is 1. The number of fused-ring (bicyclic) bond motifs is 1. The molecule has 2 saturated heterocycles. The van der Waals surface area contributed by atoms with Gasteiger partial charge in [0.05, 0.1) is 12.7 Å². The highest BCUT2D eigenvalue weighted by molar-refractivity contribution is 5.81. The molecule has 0 bridgehead atoms. The van der Waals surface area contributed by atoms with Gasteiger partial charge in [-0.1, -0.05) is 30.3 Å². The summed E-state index contributed by atoms with van der Waals surface area (Å²) in [7, 11) is 1.63. The molecular formula is C18H26N2O3. The zero-order valence-electron chi connectivity index (χ0n) is 13.7. The van der Waals surface area contributed by atoms with Gasteiger partial charge in [0.25, 0.3) is 0 Å². The highest BCUT2D eigenvalue weighted by atomic mass is 16.5. The lowest BCUT2D eigenvalue weighted by Crippen LogP contribution is -2.42. The standard InChI is InChI=1S/C18H26N2O3/c1-22-10-8-19-18(21)16-11-15-7-9-20(13-17(15)23-16)12-14-5-3-2-4-6-14/h2-6,15-17H,7-13H2,1H3,(H,19,21)/t15-,16-,17+/m0/s1. The fourth-order valence-corrected chi connectivity index (χ4v) is 3.54. The molecule has 0 unspecified atom stereocenters. The molecule has 0 aliphatic carbocycles. The Hall–Kier alpha value is -1.43. The number of nitrogens with zero attached hydrogens (tertiary/aromatic N) is 1. The lowest BCUT2D eigenvalue weighted by atomic mass is 9.91. The van der Waals surface area contributed by atoms with Gasteiger partial charge < -0.3 is 14.8 Å². The summed E-state index contributed by atoms with van der Waals surface area (Å²) in [6, 6.07) is 10.5. The number of methoxy groups -OCH3 is 1. The van der Waals surface area contributed by atoms with Crippen LogP contribution in [0, 0.1) is 5.92 Å². The van der Waals surface area contributed by atoms with Crippen molar-refractivity contribution in [2.24, 2.45) is 5.92 Å². The Kier molecular flexibility index (Phi) is 5.65. The first-order valence-electron chi connectivity index (χ1n) is 8.44. The fraction of sp³-hybridized carbons (Fsp3) is 0.611. The molecule has 5 nitrogen and oxygen atoms in total. The van der Waals surface area contributed by atoms with Crippen LogP contribution in [0.25, 0.3) is 0 Å². The molecule has 2 aliphatic rings. The maximum absolute atomic E-state index is 12.1. The Morgan fingerprint density at radius 2 is 2.22 bits per heavy atom. The molecule has 0 saturated carbocycles. The minimum atomic E-state index is -0.293. The fourth-order valence-electron chi connectivity index (χ4n) is 3.54. The van der Waals surface area contributed by atoms with Crippen LogP contribution in [0.3, 0.4) is 0 Å². The molecule has 0 aromatic heterocycles. The Labute approximate surface area is 137 Å². The minimum Gasteiger partial charge on any atom is -0.383 e. The summed E-state index contributed by atoms with van der Waals surface area (Å²) >= 11 is 0. The summed E-state index contributed by atoms with van der Waals surface area (Å²) in [5.74, 6) is 0.520. The molecule has 23 heavy (non-hydrogen) atoms. The molecule has 0 spiro atoms. The van der Waals surface area contributed by atoms with E-state index in [2.05, 4.69) is 34.5 Å². The van der Waals surface area contributed by atoms with Crippen LogP contribution in [-0.4, -0.2) is 56.4 Å². The zero-order valence-corrected chi connectivity index (χ0v) is 13.7. The minimum absolute atomic E-state index is 0.00561. The number of rotatable bonds is 6. The van der Waals surface area contributed by atoms with E-state index in [-0.39, 0.29) is 18.1 Å². The summed E-state index contributed by atoms with van der Waals surface area (Å²) in [4.78, 5) is 14.6. The second kappa shape index (κ2) is 7.90. The number of carbonyl (C=O) groups is 1. The number of carbonyl (C=O) groups excluding carboxylic acids is 1. The Bertz CT molecular complexity index is 508. The number of benzene rings is 1. The van der Waals surface area contributed by atoms with Crippen LogP contribution in [0.5, 0.6) is 0 Å². The highest BCUT2D eigenvalue weighted by Crippen LogP contribution is 2.33. The number of piperidine rings is 1. The first-order chi connectivity index (χ1) is 11.3. The Morgan fingerprint density at radius 3 is 3.00 bits per heavy atom. The molecule has 1 aromatic carbocycles. The summed E-state index contributed by atoms with van der Waals surface area (Å²) in [6.07, 6.45) is 1.85. The summed E-state index contributed by atoms with van der Waals surface area (Å²) < 4.78 is 11.0. The molecule has 126 valence electrons. The maximum atomic E-state index is 12.1. The number of hydrogen-bond acceptors (Lipinski definition) is 4. The average molecular weight is 318 g/mol. The van der Waals surface area contributed by atoms with E-state index in [0.717, 1.165) is 32.5 Å². The molecule has 2 aliphatic heterocycles. The van der Waals surface area contributed by atoms with Crippen molar-refractivity contribution in [3.05, 3.63) is 35.9 Å². The smallest absolute Gasteiger partial charge is 0.249 e. The molecule has 1 aromatic rings. The molecule has 2 fully saturated rings. The SMILES string of the molecule is COCCNC(=O)[C@@H]1C[C@@H]2CCN(Cc3ccccc3)C[C@H]2O1. The van der Waals surface area contributed by atoms with Gasteiger partial charge in [0.15, 0.2) is 0 Å². The van der Waals surface area contributed by atoms with E-state index in [9.17, 15) is 4.79 Å². The average Bonchev–Trinajstić information content (AvgIpc) is 2.99. The lowest BCUT2D eigenvalue weighted by molar-refractivity contribution is -0.133. The molecule has 3 atom stereocenters. The molecule has 0 radical (unpaired) electrons. The van der Waals surface area contributed by atoms with Crippen LogP contribution in [-0.2, 0) is 20.8 Å². The number of likely N-dealkylation sites (tertiary alicyclic amines) is 1. The largest absolute Gasteiger partial charge is 0.383 e.